The Balaban J connectivity index is 2.52. The Morgan fingerprint density at radius 1 is 1.20 bits per heavy atom. The lowest BCUT2D eigenvalue weighted by molar-refractivity contribution is -0.106. The van der Waals surface area contributed by atoms with Crippen molar-refractivity contribution in [2.75, 3.05) is 6.61 Å². The van der Waals surface area contributed by atoms with E-state index in [1.165, 1.54) is 6.92 Å². The molecule has 0 radical (unpaired) electrons. The number of hydrogen-bond acceptors (Lipinski definition) is 2. The molecule has 0 saturated heterocycles. The first-order valence-electron chi connectivity index (χ1n) is 7.17. The Kier molecular flexibility index (Phi) is 7.10. The van der Waals surface area contributed by atoms with Crippen LogP contribution in [0.3, 0.4) is 0 Å². The van der Waals surface area contributed by atoms with E-state index in [-0.39, 0.29) is 19.4 Å². The fourth-order valence-electron chi connectivity index (χ4n) is 2.04. The molecule has 0 bridgehead atoms. The van der Waals surface area contributed by atoms with Gasteiger partial charge in [0, 0.05) is 12.3 Å². The third-order valence-corrected chi connectivity index (χ3v) is 3.53. The second-order valence-electron chi connectivity index (χ2n) is 5.11. The van der Waals surface area contributed by atoms with Gasteiger partial charge in [-0.2, -0.15) is 0 Å². The van der Waals surface area contributed by atoms with E-state index in [2.05, 4.69) is 0 Å². The maximum atomic E-state index is 13.8. The van der Waals surface area contributed by atoms with Gasteiger partial charge in [0.25, 0.3) is 5.92 Å². The molecule has 0 aliphatic carbocycles. The topological polar surface area (TPSA) is 29.5 Å². The van der Waals surface area contributed by atoms with Crippen LogP contribution in [0.1, 0.15) is 38.7 Å². The summed E-state index contributed by atoms with van der Waals surface area (Å²) in [6.07, 6.45) is -0.373. The van der Waals surface area contributed by atoms with Gasteiger partial charge in [-0.1, -0.05) is 44.2 Å². The van der Waals surface area contributed by atoms with E-state index in [0.29, 0.717) is 13.0 Å². The normalized spacial score (nSPS) is 15.1. The average molecular weight is 286 g/mol. The van der Waals surface area contributed by atoms with Gasteiger partial charge in [-0.15, -0.1) is 0 Å². The average Bonchev–Trinajstić information content (AvgIpc) is 2.47. The molecule has 0 heterocycles. The molecular weight excluding hydrogens is 262 g/mol. The van der Waals surface area contributed by atoms with Crippen LogP contribution in [0.5, 0.6) is 0 Å². The quantitative estimate of drug-likeness (QED) is 0.743. The van der Waals surface area contributed by atoms with E-state index in [1.54, 1.807) is 6.92 Å². The lowest BCUT2D eigenvalue weighted by atomic mass is 9.92. The largest absolute Gasteiger partial charge is 0.393 e. The first-order valence-corrected chi connectivity index (χ1v) is 7.17. The second kappa shape index (κ2) is 8.32. The molecule has 0 fully saturated rings. The maximum absolute atomic E-state index is 13.8. The predicted molar refractivity (Wildman–Crippen MR) is 75.7 cm³/mol. The smallest absolute Gasteiger partial charge is 0.252 e. The van der Waals surface area contributed by atoms with Crippen molar-refractivity contribution in [3.8, 4) is 0 Å². The Morgan fingerprint density at radius 2 is 1.85 bits per heavy atom. The maximum Gasteiger partial charge on any atom is 0.252 e. The van der Waals surface area contributed by atoms with E-state index in [9.17, 15) is 13.9 Å². The number of aliphatic hydroxyl groups excluding tert-OH is 1. The van der Waals surface area contributed by atoms with Gasteiger partial charge in [0.1, 0.15) is 0 Å². The summed E-state index contributed by atoms with van der Waals surface area (Å²) in [5, 5.41) is 9.61. The molecule has 0 saturated carbocycles. The predicted octanol–water partition coefficient (Wildman–Crippen LogP) is 4.03. The summed E-state index contributed by atoms with van der Waals surface area (Å²) in [6, 6.07) is 9.46. The van der Waals surface area contributed by atoms with E-state index < -0.39 is 17.9 Å². The zero-order valence-electron chi connectivity index (χ0n) is 12.2. The third-order valence-electron chi connectivity index (χ3n) is 3.53. The molecule has 4 heteroatoms. The van der Waals surface area contributed by atoms with Gasteiger partial charge in [0.05, 0.1) is 19.3 Å². The molecule has 1 rings (SSSR count). The molecule has 0 spiro atoms. The number of rotatable bonds is 9. The number of hydrogen-bond donors (Lipinski definition) is 1. The van der Waals surface area contributed by atoms with Crippen molar-refractivity contribution in [2.24, 2.45) is 5.92 Å². The Hall–Kier alpha value is -1.00. The van der Waals surface area contributed by atoms with Crippen molar-refractivity contribution >= 4 is 0 Å². The summed E-state index contributed by atoms with van der Waals surface area (Å²) >= 11 is 0. The standard InChI is InChI=1S/C16H24F2O2/c1-3-15(19)10-14(16(17,18)4-2)12-20-11-13-8-6-5-7-9-13/h5-9,14-15,19H,3-4,10-12H2,1-2H3. The zero-order valence-corrected chi connectivity index (χ0v) is 12.2. The van der Waals surface area contributed by atoms with Gasteiger partial charge in [-0.05, 0) is 18.4 Å². The Bertz CT molecular complexity index is 368. The number of aliphatic hydroxyl groups is 1. The molecule has 2 nitrogen and oxygen atoms in total. The summed E-state index contributed by atoms with van der Waals surface area (Å²) in [4.78, 5) is 0. The SMILES string of the molecule is CCC(O)CC(COCc1ccccc1)C(F)(F)CC. The summed E-state index contributed by atoms with van der Waals surface area (Å²) in [5.74, 6) is -3.74. The fraction of sp³-hybridized carbons (Fsp3) is 0.625. The highest BCUT2D eigenvalue weighted by molar-refractivity contribution is 5.13. The molecule has 1 aromatic rings. The van der Waals surface area contributed by atoms with Crippen LogP contribution in [-0.2, 0) is 11.3 Å². The number of ether oxygens (including phenoxy) is 1. The van der Waals surface area contributed by atoms with Gasteiger partial charge in [0.2, 0.25) is 0 Å². The van der Waals surface area contributed by atoms with Crippen LogP contribution in [0.15, 0.2) is 30.3 Å². The second-order valence-corrected chi connectivity index (χ2v) is 5.11. The van der Waals surface area contributed by atoms with Crippen molar-refractivity contribution in [1.82, 2.24) is 0 Å². The molecule has 0 aromatic heterocycles. The van der Waals surface area contributed by atoms with Crippen LogP contribution in [-0.4, -0.2) is 23.7 Å². The highest BCUT2D eigenvalue weighted by Gasteiger charge is 2.38. The minimum Gasteiger partial charge on any atom is -0.393 e. The molecule has 20 heavy (non-hydrogen) atoms. The van der Waals surface area contributed by atoms with Crippen LogP contribution in [0.25, 0.3) is 0 Å². The molecule has 2 atom stereocenters. The molecule has 1 aromatic carbocycles. The third kappa shape index (κ3) is 5.55. The van der Waals surface area contributed by atoms with E-state index in [4.69, 9.17) is 4.74 Å². The van der Waals surface area contributed by atoms with E-state index in [0.717, 1.165) is 5.56 Å². The van der Waals surface area contributed by atoms with Gasteiger partial charge >= 0.3 is 0 Å². The highest BCUT2D eigenvalue weighted by atomic mass is 19.3. The van der Waals surface area contributed by atoms with Gasteiger partial charge in [-0.25, -0.2) is 8.78 Å². The van der Waals surface area contributed by atoms with Crippen molar-refractivity contribution in [3.05, 3.63) is 35.9 Å². The lowest BCUT2D eigenvalue weighted by Crippen LogP contribution is -2.34. The van der Waals surface area contributed by atoms with Gasteiger partial charge in [0.15, 0.2) is 0 Å². The summed E-state index contributed by atoms with van der Waals surface area (Å²) < 4.78 is 33.1. The number of benzene rings is 1. The van der Waals surface area contributed by atoms with E-state index in [1.807, 2.05) is 30.3 Å². The zero-order chi connectivity index (χ0) is 15.0. The summed E-state index contributed by atoms with van der Waals surface area (Å²) in [7, 11) is 0. The van der Waals surface area contributed by atoms with Crippen molar-refractivity contribution < 1.29 is 18.6 Å². The summed E-state index contributed by atoms with van der Waals surface area (Å²) in [6.45, 7) is 3.53. The van der Waals surface area contributed by atoms with Gasteiger partial charge in [-0.3, -0.25) is 0 Å². The summed E-state index contributed by atoms with van der Waals surface area (Å²) in [5.41, 5.74) is 0.960. The van der Waals surface area contributed by atoms with Crippen LogP contribution < -0.4 is 0 Å². The van der Waals surface area contributed by atoms with E-state index >= 15 is 0 Å². The van der Waals surface area contributed by atoms with Crippen LogP contribution >= 0.6 is 0 Å². The molecule has 0 amide bonds. The molecule has 0 aliphatic rings. The molecular formula is C16H24F2O2. The number of halogens is 2. The number of alkyl halides is 2. The Labute approximate surface area is 119 Å². The minimum atomic E-state index is -2.80. The Morgan fingerprint density at radius 3 is 2.40 bits per heavy atom. The highest BCUT2D eigenvalue weighted by Crippen LogP contribution is 2.32. The first-order chi connectivity index (χ1) is 9.49. The van der Waals surface area contributed by atoms with Gasteiger partial charge < -0.3 is 9.84 Å². The minimum absolute atomic E-state index is 0.0349. The van der Waals surface area contributed by atoms with Crippen molar-refractivity contribution in [1.29, 1.82) is 0 Å². The lowest BCUT2D eigenvalue weighted by Gasteiger charge is -2.27. The van der Waals surface area contributed by atoms with Crippen LogP contribution in [0.4, 0.5) is 8.78 Å². The monoisotopic (exact) mass is 286 g/mol. The molecule has 0 aliphatic heterocycles. The van der Waals surface area contributed by atoms with Crippen LogP contribution in [0.2, 0.25) is 0 Å². The molecule has 1 N–H and O–H groups in total. The molecule has 2 unspecified atom stereocenters. The van der Waals surface area contributed by atoms with Crippen molar-refractivity contribution in [3.63, 3.8) is 0 Å². The molecule has 114 valence electrons. The van der Waals surface area contributed by atoms with Crippen LogP contribution in [0, 0.1) is 5.92 Å². The van der Waals surface area contributed by atoms with Crippen molar-refractivity contribution in [2.45, 2.75) is 51.7 Å². The fourth-order valence-corrected chi connectivity index (χ4v) is 2.04. The first kappa shape index (κ1) is 17.1.